The van der Waals surface area contributed by atoms with Crippen molar-refractivity contribution >= 4 is 57.6 Å². The minimum Gasteiger partial charge on any atom is -0.381 e. The zero-order valence-corrected chi connectivity index (χ0v) is 19.9. The quantitative estimate of drug-likeness (QED) is 0.239. The average molecular weight is 542 g/mol. The van der Waals surface area contributed by atoms with Crippen LogP contribution < -0.4 is 5.32 Å². The highest BCUT2D eigenvalue weighted by molar-refractivity contribution is 14.0. The van der Waals surface area contributed by atoms with E-state index in [1.54, 1.807) is 0 Å². The van der Waals surface area contributed by atoms with Crippen molar-refractivity contribution in [1.29, 1.82) is 0 Å². The first-order chi connectivity index (χ1) is 11.6. The van der Waals surface area contributed by atoms with Gasteiger partial charge in [0.1, 0.15) is 0 Å². The number of likely N-dealkylation sites (tertiary alicyclic amines) is 1. The number of aliphatic imine (C=N–C) groups is 1. The molecule has 1 aromatic rings. The third kappa shape index (κ3) is 8.05. The van der Waals surface area contributed by atoms with E-state index in [-0.39, 0.29) is 24.0 Å². The van der Waals surface area contributed by atoms with Crippen LogP contribution in [0.4, 0.5) is 0 Å². The summed E-state index contributed by atoms with van der Waals surface area (Å²) < 4.78 is 6.68. The standard InChI is InChI=1S/C18H28BrN3OS.HI/c1-4-23-13-15-9-10-22(12-15)18(20-3)21-11-14(2)24-17-7-5-16(19)6-8-17;/h5-8,14-15H,4,9-13H2,1-3H3,(H,20,21);1H. The topological polar surface area (TPSA) is 36.9 Å². The second kappa shape index (κ2) is 12.4. The Morgan fingerprint density at radius 3 is 2.80 bits per heavy atom. The van der Waals surface area contributed by atoms with Crippen LogP contribution in [-0.2, 0) is 4.74 Å². The minimum atomic E-state index is 0. The molecule has 25 heavy (non-hydrogen) atoms. The molecule has 0 aliphatic carbocycles. The molecule has 1 heterocycles. The molecule has 7 heteroatoms. The maximum absolute atomic E-state index is 5.56. The van der Waals surface area contributed by atoms with Crippen LogP contribution in [0.2, 0.25) is 0 Å². The van der Waals surface area contributed by atoms with Gasteiger partial charge in [0.2, 0.25) is 0 Å². The number of guanidine groups is 1. The van der Waals surface area contributed by atoms with Crippen LogP contribution in [0, 0.1) is 5.92 Å². The van der Waals surface area contributed by atoms with E-state index < -0.39 is 0 Å². The molecule has 4 nitrogen and oxygen atoms in total. The van der Waals surface area contributed by atoms with Crippen molar-refractivity contribution in [3.63, 3.8) is 0 Å². The minimum absolute atomic E-state index is 0. The summed E-state index contributed by atoms with van der Waals surface area (Å²) in [6.45, 7) is 8.96. The average Bonchev–Trinajstić information content (AvgIpc) is 3.04. The van der Waals surface area contributed by atoms with E-state index in [9.17, 15) is 0 Å². The first kappa shape index (κ1) is 23.0. The Balaban J connectivity index is 0.00000312. The van der Waals surface area contributed by atoms with Gasteiger partial charge in [-0.3, -0.25) is 4.99 Å². The van der Waals surface area contributed by atoms with Crippen LogP contribution >= 0.6 is 51.7 Å². The molecule has 1 aliphatic heterocycles. The van der Waals surface area contributed by atoms with E-state index in [2.05, 4.69) is 69.3 Å². The highest BCUT2D eigenvalue weighted by Gasteiger charge is 2.25. The summed E-state index contributed by atoms with van der Waals surface area (Å²) in [6, 6.07) is 8.48. The number of nitrogens with one attached hydrogen (secondary N) is 1. The zero-order chi connectivity index (χ0) is 17.4. The molecule has 1 N–H and O–H groups in total. The molecule has 142 valence electrons. The van der Waals surface area contributed by atoms with Crippen molar-refractivity contribution in [2.24, 2.45) is 10.9 Å². The lowest BCUT2D eigenvalue weighted by molar-refractivity contribution is 0.114. The first-order valence-corrected chi connectivity index (χ1v) is 10.2. The lowest BCUT2D eigenvalue weighted by Gasteiger charge is -2.23. The molecule has 0 amide bonds. The van der Waals surface area contributed by atoms with Crippen molar-refractivity contribution < 1.29 is 4.74 Å². The van der Waals surface area contributed by atoms with Crippen molar-refractivity contribution in [2.45, 2.75) is 30.4 Å². The number of hydrogen-bond acceptors (Lipinski definition) is 3. The van der Waals surface area contributed by atoms with Gasteiger partial charge in [0.15, 0.2) is 5.96 Å². The molecule has 0 saturated carbocycles. The van der Waals surface area contributed by atoms with Gasteiger partial charge in [-0.1, -0.05) is 22.9 Å². The number of rotatable bonds is 7. The smallest absolute Gasteiger partial charge is 0.193 e. The second-order valence-electron chi connectivity index (χ2n) is 6.07. The molecular weight excluding hydrogens is 513 g/mol. The first-order valence-electron chi connectivity index (χ1n) is 8.58. The maximum atomic E-state index is 5.56. The Morgan fingerprint density at radius 1 is 1.44 bits per heavy atom. The van der Waals surface area contributed by atoms with E-state index in [0.717, 1.165) is 43.3 Å². The van der Waals surface area contributed by atoms with Gasteiger partial charge >= 0.3 is 0 Å². The third-order valence-corrected chi connectivity index (χ3v) is 5.70. The number of benzene rings is 1. The van der Waals surface area contributed by atoms with Gasteiger partial charge < -0.3 is 15.0 Å². The molecule has 1 aromatic carbocycles. The molecule has 0 radical (unpaired) electrons. The van der Waals surface area contributed by atoms with E-state index in [1.807, 2.05) is 18.8 Å². The number of ether oxygens (including phenoxy) is 1. The maximum Gasteiger partial charge on any atom is 0.193 e. The van der Waals surface area contributed by atoms with Gasteiger partial charge in [-0.15, -0.1) is 35.7 Å². The van der Waals surface area contributed by atoms with Crippen molar-refractivity contribution in [3.8, 4) is 0 Å². The fraction of sp³-hybridized carbons (Fsp3) is 0.611. The van der Waals surface area contributed by atoms with E-state index in [4.69, 9.17) is 4.74 Å². The lowest BCUT2D eigenvalue weighted by Crippen LogP contribution is -2.42. The number of hydrogen-bond donors (Lipinski definition) is 1. The van der Waals surface area contributed by atoms with Gasteiger partial charge in [-0.2, -0.15) is 0 Å². The summed E-state index contributed by atoms with van der Waals surface area (Å²) in [5, 5.41) is 4.00. The van der Waals surface area contributed by atoms with Gasteiger partial charge in [0, 0.05) is 53.8 Å². The summed E-state index contributed by atoms with van der Waals surface area (Å²) in [5.41, 5.74) is 0. The van der Waals surface area contributed by atoms with Crippen LogP contribution in [0.5, 0.6) is 0 Å². The Labute approximate surface area is 181 Å². The Hall–Kier alpha value is 0.01000. The zero-order valence-electron chi connectivity index (χ0n) is 15.2. The van der Waals surface area contributed by atoms with Crippen molar-refractivity contribution in [2.75, 3.05) is 39.9 Å². The molecule has 0 aromatic heterocycles. The van der Waals surface area contributed by atoms with E-state index in [0.29, 0.717) is 11.2 Å². The van der Waals surface area contributed by atoms with E-state index in [1.165, 1.54) is 11.3 Å². The van der Waals surface area contributed by atoms with Gasteiger partial charge in [0.05, 0.1) is 6.61 Å². The summed E-state index contributed by atoms with van der Waals surface area (Å²) in [7, 11) is 1.87. The van der Waals surface area contributed by atoms with Crippen LogP contribution in [0.1, 0.15) is 20.3 Å². The Bertz CT molecular complexity index is 530. The van der Waals surface area contributed by atoms with Crippen LogP contribution in [0.15, 0.2) is 38.6 Å². The Kier molecular flexibility index (Phi) is 11.4. The van der Waals surface area contributed by atoms with Crippen molar-refractivity contribution in [1.82, 2.24) is 10.2 Å². The van der Waals surface area contributed by atoms with Crippen LogP contribution in [0.3, 0.4) is 0 Å². The molecule has 1 fully saturated rings. The second-order valence-corrected chi connectivity index (χ2v) is 8.50. The predicted octanol–water partition coefficient (Wildman–Crippen LogP) is 4.48. The highest BCUT2D eigenvalue weighted by Crippen LogP contribution is 2.24. The van der Waals surface area contributed by atoms with Crippen LogP contribution in [-0.4, -0.2) is 56.0 Å². The Morgan fingerprint density at radius 2 is 2.16 bits per heavy atom. The lowest BCUT2D eigenvalue weighted by atomic mass is 10.1. The molecule has 0 bridgehead atoms. The molecular formula is C18H29BrIN3OS. The normalized spacial score (nSPS) is 18.8. The molecule has 2 atom stereocenters. The summed E-state index contributed by atoms with van der Waals surface area (Å²) >= 11 is 5.36. The molecule has 0 spiro atoms. The highest BCUT2D eigenvalue weighted by atomic mass is 127. The fourth-order valence-corrected chi connectivity index (χ4v) is 3.99. The SMILES string of the molecule is CCOCC1CCN(C(=NC)NCC(C)Sc2ccc(Br)cc2)C1.I. The van der Waals surface area contributed by atoms with Crippen LogP contribution in [0.25, 0.3) is 0 Å². The monoisotopic (exact) mass is 541 g/mol. The molecule has 1 saturated heterocycles. The number of thioether (sulfide) groups is 1. The van der Waals surface area contributed by atoms with Gasteiger partial charge in [-0.05, 0) is 37.6 Å². The molecule has 2 unspecified atom stereocenters. The fourth-order valence-electron chi connectivity index (χ4n) is 2.80. The molecule has 1 aliphatic rings. The summed E-state index contributed by atoms with van der Waals surface area (Å²) in [4.78, 5) is 8.09. The predicted molar refractivity (Wildman–Crippen MR) is 122 cm³/mol. The number of nitrogens with zero attached hydrogens (tertiary/aromatic N) is 2. The largest absolute Gasteiger partial charge is 0.381 e. The van der Waals surface area contributed by atoms with Gasteiger partial charge in [0.25, 0.3) is 0 Å². The van der Waals surface area contributed by atoms with Crippen molar-refractivity contribution in [3.05, 3.63) is 28.7 Å². The van der Waals surface area contributed by atoms with Gasteiger partial charge in [-0.25, -0.2) is 0 Å². The summed E-state index contributed by atoms with van der Waals surface area (Å²) in [6.07, 6.45) is 1.18. The third-order valence-electron chi connectivity index (χ3n) is 4.05. The van der Waals surface area contributed by atoms with E-state index >= 15 is 0 Å². The molecule has 2 rings (SSSR count). The number of halogens is 2. The summed E-state index contributed by atoms with van der Waals surface area (Å²) in [5.74, 6) is 1.63.